The molecule has 5 nitrogen and oxygen atoms in total. The lowest BCUT2D eigenvalue weighted by Gasteiger charge is -2.07. The number of rotatable bonds is 4. The van der Waals surface area contributed by atoms with Crippen molar-refractivity contribution in [3.05, 3.63) is 53.7 Å². The number of fused-ring (bicyclic) bond motifs is 1. The number of ether oxygens (including phenoxy) is 1. The lowest BCUT2D eigenvalue weighted by atomic mass is 10.1. The Balaban J connectivity index is 2.14. The van der Waals surface area contributed by atoms with Crippen molar-refractivity contribution in [2.45, 2.75) is 13.8 Å². The number of anilines is 1. The molecule has 0 spiro atoms. The number of hydrogen-bond donors (Lipinski definition) is 1. The zero-order valence-electron chi connectivity index (χ0n) is 13.5. The first-order valence-corrected chi connectivity index (χ1v) is 7.43. The number of hydrogen-bond acceptors (Lipinski definition) is 3. The van der Waals surface area contributed by atoms with Gasteiger partial charge in [0.2, 0.25) is 0 Å². The van der Waals surface area contributed by atoms with Gasteiger partial charge in [-0.25, -0.2) is 4.98 Å². The summed E-state index contributed by atoms with van der Waals surface area (Å²) in [6.07, 6.45) is 1.91. The van der Waals surface area contributed by atoms with Crippen molar-refractivity contribution in [1.82, 2.24) is 9.38 Å². The maximum absolute atomic E-state index is 12.0. The molecule has 0 unspecified atom stereocenters. The predicted molar refractivity (Wildman–Crippen MR) is 90.6 cm³/mol. The zero-order valence-corrected chi connectivity index (χ0v) is 13.5. The Hall–Kier alpha value is -2.66. The van der Waals surface area contributed by atoms with Gasteiger partial charge in [0.15, 0.2) is 0 Å². The molecule has 118 valence electrons. The summed E-state index contributed by atoms with van der Waals surface area (Å²) in [6, 6.07) is 12.1. The molecule has 0 aliphatic heterocycles. The minimum atomic E-state index is -0.205. The second-order valence-corrected chi connectivity index (χ2v) is 5.59. The van der Waals surface area contributed by atoms with Crippen molar-refractivity contribution in [3.63, 3.8) is 0 Å². The van der Waals surface area contributed by atoms with E-state index in [1.807, 2.05) is 60.8 Å². The summed E-state index contributed by atoms with van der Waals surface area (Å²) in [6.45, 7) is 4.06. The second-order valence-electron chi connectivity index (χ2n) is 5.59. The van der Waals surface area contributed by atoms with E-state index in [0.717, 1.165) is 22.5 Å². The summed E-state index contributed by atoms with van der Waals surface area (Å²) < 4.78 is 6.79. The van der Waals surface area contributed by atoms with E-state index in [4.69, 9.17) is 9.72 Å². The summed E-state index contributed by atoms with van der Waals surface area (Å²) in [5.74, 6) is 0.453. The molecule has 0 aliphatic carbocycles. The first-order valence-electron chi connectivity index (χ1n) is 7.43. The average Bonchev–Trinajstić information content (AvgIpc) is 2.86. The molecule has 1 amide bonds. The van der Waals surface area contributed by atoms with Crippen molar-refractivity contribution in [2.75, 3.05) is 19.0 Å². The lowest BCUT2D eigenvalue weighted by Crippen LogP contribution is -2.18. The highest BCUT2D eigenvalue weighted by atomic mass is 16.5. The molecular weight excluding hydrogens is 290 g/mol. The number of methoxy groups -OCH3 is 1. The quantitative estimate of drug-likeness (QED) is 0.805. The van der Waals surface area contributed by atoms with Gasteiger partial charge in [-0.3, -0.25) is 9.20 Å². The largest absolute Gasteiger partial charge is 0.375 e. The first kappa shape index (κ1) is 15.2. The van der Waals surface area contributed by atoms with Crippen LogP contribution in [-0.4, -0.2) is 29.0 Å². The monoisotopic (exact) mass is 309 g/mol. The van der Waals surface area contributed by atoms with Gasteiger partial charge in [-0.2, -0.15) is 0 Å². The van der Waals surface area contributed by atoms with E-state index in [1.54, 1.807) is 0 Å². The number of aryl methyl sites for hydroxylation is 2. The van der Waals surface area contributed by atoms with E-state index in [2.05, 4.69) is 5.32 Å². The van der Waals surface area contributed by atoms with Crippen LogP contribution in [0.15, 0.2) is 42.6 Å². The smallest absolute Gasteiger partial charge is 0.251 e. The minimum absolute atomic E-state index is 0.00638. The molecule has 0 radical (unpaired) electrons. The Morgan fingerprint density at radius 3 is 2.61 bits per heavy atom. The van der Waals surface area contributed by atoms with Crippen LogP contribution >= 0.6 is 0 Å². The third-order valence-electron chi connectivity index (χ3n) is 3.64. The third-order valence-corrected chi connectivity index (χ3v) is 3.64. The number of amides is 1. The fraction of sp³-hybridized carbons (Fsp3) is 0.222. The van der Waals surface area contributed by atoms with Crippen LogP contribution in [0.2, 0.25) is 0 Å². The van der Waals surface area contributed by atoms with Gasteiger partial charge in [0.1, 0.15) is 23.8 Å². The summed E-state index contributed by atoms with van der Waals surface area (Å²) in [7, 11) is 1.50. The van der Waals surface area contributed by atoms with Gasteiger partial charge in [0.25, 0.3) is 5.91 Å². The minimum Gasteiger partial charge on any atom is -0.375 e. The molecule has 1 aromatic carbocycles. The number of carbonyl (C=O) groups is 1. The van der Waals surface area contributed by atoms with E-state index in [1.165, 1.54) is 12.7 Å². The normalized spacial score (nSPS) is 10.9. The highest BCUT2D eigenvalue weighted by Crippen LogP contribution is 2.29. The van der Waals surface area contributed by atoms with E-state index >= 15 is 0 Å². The molecule has 0 bridgehead atoms. The molecule has 0 saturated carbocycles. The Bertz CT molecular complexity index is 851. The van der Waals surface area contributed by atoms with Crippen molar-refractivity contribution in [1.29, 1.82) is 0 Å². The lowest BCUT2D eigenvalue weighted by molar-refractivity contribution is -0.119. The Kier molecular flexibility index (Phi) is 4.12. The number of carbonyl (C=O) groups excluding carboxylic acids is 1. The van der Waals surface area contributed by atoms with Gasteiger partial charge in [0.05, 0.1) is 0 Å². The van der Waals surface area contributed by atoms with E-state index in [-0.39, 0.29) is 12.5 Å². The molecule has 0 aliphatic rings. The molecule has 0 saturated heterocycles. The van der Waals surface area contributed by atoms with Crippen molar-refractivity contribution < 1.29 is 9.53 Å². The maximum Gasteiger partial charge on any atom is 0.251 e. The average molecular weight is 309 g/mol. The molecule has 3 rings (SSSR count). The third kappa shape index (κ3) is 3.10. The summed E-state index contributed by atoms with van der Waals surface area (Å²) in [5.41, 5.74) is 4.81. The summed E-state index contributed by atoms with van der Waals surface area (Å²) in [4.78, 5) is 16.7. The van der Waals surface area contributed by atoms with Crippen molar-refractivity contribution >= 4 is 17.4 Å². The van der Waals surface area contributed by atoms with E-state index < -0.39 is 0 Å². The Labute approximate surface area is 134 Å². The molecule has 2 heterocycles. The van der Waals surface area contributed by atoms with Gasteiger partial charge in [-0.05, 0) is 31.5 Å². The van der Waals surface area contributed by atoms with Crippen LogP contribution in [0.25, 0.3) is 16.9 Å². The van der Waals surface area contributed by atoms with Crippen LogP contribution in [0.4, 0.5) is 5.82 Å². The molecule has 0 fully saturated rings. The fourth-order valence-corrected chi connectivity index (χ4v) is 2.48. The SMILES string of the molecule is COCC(=O)Nc1c(-c2ccc(C)cc2)nc2cc(C)ccn12. The molecule has 1 N–H and O–H groups in total. The van der Waals surface area contributed by atoms with Gasteiger partial charge >= 0.3 is 0 Å². The molecule has 3 aromatic rings. The predicted octanol–water partition coefficient (Wildman–Crippen LogP) is 3.20. The zero-order chi connectivity index (χ0) is 16.4. The number of nitrogens with zero attached hydrogens (tertiary/aromatic N) is 2. The van der Waals surface area contributed by atoms with Gasteiger partial charge in [0, 0.05) is 18.9 Å². The molecular formula is C18H19N3O2. The second kappa shape index (κ2) is 6.22. The van der Waals surface area contributed by atoms with Crippen LogP contribution in [0.1, 0.15) is 11.1 Å². The first-order chi connectivity index (χ1) is 11.1. The summed E-state index contributed by atoms with van der Waals surface area (Å²) >= 11 is 0. The molecule has 23 heavy (non-hydrogen) atoms. The van der Waals surface area contributed by atoms with Crippen molar-refractivity contribution in [3.8, 4) is 11.3 Å². The van der Waals surface area contributed by atoms with Crippen LogP contribution in [0.5, 0.6) is 0 Å². The van der Waals surface area contributed by atoms with Gasteiger partial charge < -0.3 is 10.1 Å². The number of aromatic nitrogens is 2. The Morgan fingerprint density at radius 1 is 1.17 bits per heavy atom. The maximum atomic E-state index is 12.0. The van der Waals surface area contributed by atoms with E-state index in [0.29, 0.717) is 5.82 Å². The molecule has 0 atom stereocenters. The number of nitrogens with one attached hydrogen (secondary N) is 1. The van der Waals surface area contributed by atoms with E-state index in [9.17, 15) is 4.79 Å². The topological polar surface area (TPSA) is 55.6 Å². The highest BCUT2D eigenvalue weighted by Gasteiger charge is 2.16. The molecule has 5 heteroatoms. The van der Waals surface area contributed by atoms with Crippen LogP contribution in [-0.2, 0) is 9.53 Å². The molecule has 2 aromatic heterocycles. The standard InChI is InChI=1S/C18H19N3O2/c1-12-4-6-14(7-5-12)17-18(20-16(22)11-23-3)21-9-8-13(2)10-15(21)19-17/h4-10H,11H2,1-3H3,(H,20,22). The number of imidazole rings is 1. The van der Waals surface area contributed by atoms with Crippen LogP contribution < -0.4 is 5.32 Å². The van der Waals surface area contributed by atoms with Crippen molar-refractivity contribution in [2.24, 2.45) is 0 Å². The fourth-order valence-electron chi connectivity index (χ4n) is 2.48. The highest BCUT2D eigenvalue weighted by molar-refractivity contribution is 5.95. The number of pyridine rings is 1. The van der Waals surface area contributed by atoms with Crippen LogP contribution in [0, 0.1) is 13.8 Å². The van der Waals surface area contributed by atoms with Gasteiger partial charge in [-0.1, -0.05) is 29.8 Å². The summed E-state index contributed by atoms with van der Waals surface area (Å²) in [5, 5.41) is 2.90. The van der Waals surface area contributed by atoms with Gasteiger partial charge in [-0.15, -0.1) is 0 Å². The van der Waals surface area contributed by atoms with Crippen LogP contribution in [0.3, 0.4) is 0 Å². The Morgan fingerprint density at radius 2 is 1.91 bits per heavy atom. The number of benzene rings is 1.